The second kappa shape index (κ2) is 11.6. The van der Waals surface area contributed by atoms with Crippen molar-refractivity contribution in [3.8, 4) is 5.75 Å². The molecule has 1 fully saturated rings. The van der Waals surface area contributed by atoms with Crippen molar-refractivity contribution in [2.75, 3.05) is 4.90 Å². The van der Waals surface area contributed by atoms with E-state index >= 15 is 0 Å². The number of Topliss-reactive ketones (excluding diaryl/α,β-unsaturated/α-hetero) is 1. The molecule has 1 N–H and O–H groups in total. The van der Waals surface area contributed by atoms with Gasteiger partial charge in [-0.3, -0.25) is 14.5 Å². The summed E-state index contributed by atoms with van der Waals surface area (Å²) >= 11 is 8.99. The van der Waals surface area contributed by atoms with Crippen molar-refractivity contribution in [1.82, 2.24) is 10.2 Å². The van der Waals surface area contributed by atoms with Crippen molar-refractivity contribution in [2.24, 2.45) is 0 Å². The van der Waals surface area contributed by atoms with E-state index < -0.39 is 17.7 Å². The molecule has 1 amide bonds. The summed E-state index contributed by atoms with van der Waals surface area (Å²) in [6.07, 6.45) is 0.731. The summed E-state index contributed by atoms with van der Waals surface area (Å²) < 4.78 is 6.44. The van der Waals surface area contributed by atoms with Gasteiger partial charge in [0.2, 0.25) is 5.13 Å². The number of carbonyl (C=O) groups is 2. The highest BCUT2D eigenvalue weighted by Crippen LogP contribution is 2.45. The van der Waals surface area contributed by atoms with E-state index in [2.05, 4.69) is 24.0 Å². The number of ketones is 1. The molecule has 3 heterocycles. The van der Waals surface area contributed by atoms with E-state index in [0.717, 1.165) is 22.4 Å². The molecule has 0 unspecified atom stereocenters. The molecule has 2 atom stereocenters. The third-order valence-corrected chi connectivity index (χ3v) is 9.92. The first-order valence-corrected chi connectivity index (χ1v) is 15.8. The van der Waals surface area contributed by atoms with Crippen LogP contribution in [0.1, 0.15) is 60.5 Å². The Balaban J connectivity index is 1.40. The number of halogens is 1. The molecule has 214 valence electrons. The maximum absolute atomic E-state index is 13.6. The van der Waals surface area contributed by atoms with Gasteiger partial charge in [-0.1, -0.05) is 91.0 Å². The molecule has 0 aliphatic carbocycles. The quantitative estimate of drug-likeness (QED) is 0.0752. The van der Waals surface area contributed by atoms with Crippen LogP contribution in [0.15, 0.2) is 76.6 Å². The number of fused-ring (bicyclic) bond motifs is 1. The number of rotatable bonds is 7. The van der Waals surface area contributed by atoms with Gasteiger partial charge in [0.15, 0.2) is 4.34 Å². The van der Waals surface area contributed by atoms with Crippen LogP contribution in [0.2, 0.25) is 5.02 Å². The van der Waals surface area contributed by atoms with E-state index in [0.29, 0.717) is 38.6 Å². The SMILES string of the molecule is CC(C)c1ccc([C@H]2/C(=C(\O)c3ccc4c(c3)C[C@@H](C)O4)C(=O)C(=O)N2c2nnc(SCc3ccccc3Cl)s2)cc1. The maximum atomic E-state index is 13.6. The van der Waals surface area contributed by atoms with Gasteiger partial charge in [-0.15, -0.1) is 10.2 Å². The highest BCUT2D eigenvalue weighted by Gasteiger charge is 2.48. The molecule has 1 saturated heterocycles. The summed E-state index contributed by atoms with van der Waals surface area (Å²) in [4.78, 5) is 28.6. The van der Waals surface area contributed by atoms with Crippen LogP contribution in [0.3, 0.4) is 0 Å². The second-order valence-electron chi connectivity index (χ2n) is 10.7. The third kappa shape index (κ3) is 5.32. The molecule has 3 aromatic carbocycles. The zero-order chi connectivity index (χ0) is 29.5. The second-order valence-corrected chi connectivity index (χ2v) is 13.3. The first kappa shape index (κ1) is 28.5. The van der Waals surface area contributed by atoms with Crippen LogP contribution in [0, 0.1) is 0 Å². The number of nitrogens with zero attached hydrogens (tertiary/aromatic N) is 3. The van der Waals surface area contributed by atoms with E-state index in [1.807, 2.05) is 61.5 Å². The van der Waals surface area contributed by atoms with E-state index in [1.54, 1.807) is 12.1 Å². The molecule has 1 aromatic heterocycles. The molecule has 7 nitrogen and oxygen atoms in total. The minimum Gasteiger partial charge on any atom is -0.507 e. The largest absolute Gasteiger partial charge is 0.507 e. The van der Waals surface area contributed by atoms with Gasteiger partial charge >= 0.3 is 5.91 Å². The number of aromatic nitrogens is 2. The summed E-state index contributed by atoms with van der Waals surface area (Å²) in [6.45, 7) is 6.18. The number of aliphatic hydroxyl groups is 1. The number of ether oxygens (including phenoxy) is 1. The predicted octanol–water partition coefficient (Wildman–Crippen LogP) is 7.56. The molecule has 0 spiro atoms. The maximum Gasteiger partial charge on any atom is 0.301 e. The van der Waals surface area contributed by atoms with Crippen molar-refractivity contribution in [3.63, 3.8) is 0 Å². The van der Waals surface area contributed by atoms with E-state index in [-0.39, 0.29) is 22.6 Å². The molecule has 2 aliphatic rings. The summed E-state index contributed by atoms with van der Waals surface area (Å²) in [5, 5.41) is 21.1. The standard InChI is InChI=1S/C32H28ClN3O4S2/c1-17(2)19-8-10-20(11-9-19)27-26(28(37)21-12-13-25-23(15-21)14-18(3)40-25)29(38)30(39)36(27)31-34-35-32(42-31)41-16-22-6-4-5-7-24(22)33/h4-13,15,17-18,27,37H,14,16H2,1-3H3/b28-26+/t18-,27+/m1/s1. The number of anilines is 1. The molecule has 0 radical (unpaired) electrons. The predicted molar refractivity (Wildman–Crippen MR) is 166 cm³/mol. The number of amides is 1. The fourth-order valence-electron chi connectivity index (χ4n) is 5.25. The molecule has 0 saturated carbocycles. The van der Waals surface area contributed by atoms with Crippen LogP contribution in [-0.4, -0.2) is 33.1 Å². The Labute approximate surface area is 257 Å². The lowest BCUT2D eigenvalue weighted by Gasteiger charge is -2.23. The topological polar surface area (TPSA) is 92.6 Å². The molecule has 10 heteroatoms. The Hall–Kier alpha value is -3.66. The third-order valence-electron chi connectivity index (χ3n) is 7.44. The minimum absolute atomic E-state index is 0.0182. The minimum atomic E-state index is -0.871. The molecule has 42 heavy (non-hydrogen) atoms. The zero-order valence-electron chi connectivity index (χ0n) is 23.2. The highest BCUT2D eigenvalue weighted by molar-refractivity contribution is 8.00. The van der Waals surface area contributed by atoms with Crippen molar-refractivity contribution in [3.05, 3.63) is 105 Å². The van der Waals surface area contributed by atoms with E-state index in [1.165, 1.54) is 28.0 Å². The molecule has 0 bridgehead atoms. The number of benzene rings is 3. The van der Waals surface area contributed by atoms with Crippen molar-refractivity contribution >= 4 is 57.3 Å². The zero-order valence-corrected chi connectivity index (χ0v) is 25.6. The van der Waals surface area contributed by atoms with E-state index in [4.69, 9.17) is 16.3 Å². The Morgan fingerprint density at radius 1 is 1.12 bits per heavy atom. The molecule has 6 rings (SSSR count). The Kier molecular flexibility index (Phi) is 7.83. The van der Waals surface area contributed by atoms with Crippen LogP contribution in [0.5, 0.6) is 5.75 Å². The normalized spacial score (nSPS) is 19.4. The van der Waals surface area contributed by atoms with Gasteiger partial charge in [-0.05, 0) is 59.4 Å². The lowest BCUT2D eigenvalue weighted by molar-refractivity contribution is -0.132. The highest BCUT2D eigenvalue weighted by atomic mass is 35.5. The summed E-state index contributed by atoms with van der Waals surface area (Å²) in [5.74, 6) is -0.108. The number of aliphatic hydroxyl groups excluding tert-OH is 1. The monoisotopic (exact) mass is 617 g/mol. The first-order chi connectivity index (χ1) is 20.2. The smallest absolute Gasteiger partial charge is 0.301 e. The lowest BCUT2D eigenvalue weighted by atomic mass is 9.93. The number of hydrogen-bond donors (Lipinski definition) is 1. The molecular weight excluding hydrogens is 590 g/mol. The summed E-state index contributed by atoms with van der Waals surface area (Å²) in [6, 6.07) is 19.8. The van der Waals surface area contributed by atoms with Crippen LogP contribution in [-0.2, 0) is 21.8 Å². The van der Waals surface area contributed by atoms with Gasteiger partial charge in [0.1, 0.15) is 17.6 Å². The molecule has 4 aromatic rings. The number of hydrogen-bond acceptors (Lipinski definition) is 8. The Bertz CT molecular complexity index is 1720. The number of carbonyl (C=O) groups excluding carboxylic acids is 2. The van der Waals surface area contributed by atoms with Gasteiger partial charge in [-0.2, -0.15) is 0 Å². The van der Waals surface area contributed by atoms with Gasteiger partial charge in [0.25, 0.3) is 5.78 Å². The van der Waals surface area contributed by atoms with Crippen LogP contribution < -0.4 is 9.64 Å². The van der Waals surface area contributed by atoms with Gasteiger partial charge < -0.3 is 9.84 Å². The van der Waals surface area contributed by atoms with E-state index in [9.17, 15) is 14.7 Å². The Morgan fingerprint density at radius 3 is 2.62 bits per heavy atom. The lowest BCUT2D eigenvalue weighted by Crippen LogP contribution is -2.29. The van der Waals surface area contributed by atoms with Crippen molar-refractivity contribution in [2.45, 2.75) is 55.3 Å². The van der Waals surface area contributed by atoms with Crippen molar-refractivity contribution in [1.29, 1.82) is 0 Å². The number of thioether (sulfide) groups is 1. The summed E-state index contributed by atoms with van der Waals surface area (Å²) in [7, 11) is 0. The Morgan fingerprint density at radius 2 is 1.88 bits per heavy atom. The van der Waals surface area contributed by atoms with Crippen molar-refractivity contribution < 1.29 is 19.4 Å². The van der Waals surface area contributed by atoms with Crippen LogP contribution in [0.4, 0.5) is 5.13 Å². The fourth-order valence-corrected chi connectivity index (χ4v) is 7.40. The van der Waals surface area contributed by atoms with Gasteiger partial charge in [0, 0.05) is 22.8 Å². The summed E-state index contributed by atoms with van der Waals surface area (Å²) in [5.41, 5.74) is 4.20. The molecule has 2 aliphatic heterocycles. The fraction of sp³-hybridized carbons (Fsp3) is 0.250. The van der Waals surface area contributed by atoms with Gasteiger partial charge in [0.05, 0.1) is 11.6 Å². The van der Waals surface area contributed by atoms with Crippen LogP contribution >= 0.6 is 34.7 Å². The van der Waals surface area contributed by atoms with Gasteiger partial charge in [-0.25, -0.2) is 0 Å². The van der Waals surface area contributed by atoms with Crippen LogP contribution in [0.25, 0.3) is 5.76 Å². The average Bonchev–Trinajstić information content (AvgIpc) is 3.67. The molecular formula is C32H28ClN3O4S2. The average molecular weight is 618 g/mol. The first-order valence-electron chi connectivity index (χ1n) is 13.6.